The first kappa shape index (κ1) is 18.0. The predicted octanol–water partition coefficient (Wildman–Crippen LogP) is 3.45. The van der Waals surface area contributed by atoms with Crippen LogP contribution in [-0.2, 0) is 11.2 Å². The molecule has 1 amide bonds. The van der Waals surface area contributed by atoms with Crippen LogP contribution in [0.15, 0.2) is 30.3 Å². The Hall–Kier alpha value is -1.35. The van der Waals surface area contributed by atoms with Gasteiger partial charge in [-0.15, -0.1) is 0 Å². The van der Waals surface area contributed by atoms with Crippen molar-refractivity contribution in [3.05, 3.63) is 35.9 Å². The lowest BCUT2D eigenvalue weighted by Gasteiger charge is -2.33. The number of likely N-dealkylation sites (tertiary alicyclic amines) is 1. The van der Waals surface area contributed by atoms with Gasteiger partial charge in [0.15, 0.2) is 0 Å². The molecule has 0 aromatic heterocycles. The topological polar surface area (TPSA) is 23.6 Å². The van der Waals surface area contributed by atoms with E-state index >= 15 is 0 Å². The Kier molecular flexibility index (Phi) is 7.10. The highest BCUT2D eigenvalue weighted by molar-refractivity contribution is 5.76. The Balaban J connectivity index is 1.68. The van der Waals surface area contributed by atoms with Crippen molar-refractivity contribution in [1.29, 1.82) is 0 Å². The fourth-order valence-corrected chi connectivity index (χ4v) is 3.47. The molecule has 1 aliphatic rings. The Bertz CT molecular complexity index is 464. The summed E-state index contributed by atoms with van der Waals surface area (Å²) in [6.07, 6.45) is 5.17. The molecule has 0 N–H and O–H groups in total. The molecule has 0 aliphatic carbocycles. The van der Waals surface area contributed by atoms with E-state index in [4.69, 9.17) is 0 Å². The zero-order valence-electron chi connectivity index (χ0n) is 15.0. The van der Waals surface area contributed by atoms with Gasteiger partial charge in [0.05, 0.1) is 0 Å². The molecule has 1 aromatic carbocycles. The summed E-state index contributed by atoms with van der Waals surface area (Å²) in [6.45, 7) is 5.25. The number of carbonyl (C=O) groups excluding carboxylic acids is 1. The molecule has 1 aromatic rings. The number of carbonyl (C=O) groups is 1. The summed E-state index contributed by atoms with van der Waals surface area (Å²) in [6, 6.07) is 10.6. The summed E-state index contributed by atoms with van der Waals surface area (Å²) in [5, 5.41) is 0. The fraction of sp³-hybridized carbons (Fsp3) is 0.650. The van der Waals surface area contributed by atoms with Gasteiger partial charge in [0.25, 0.3) is 0 Å². The Labute approximate surface area is 141 Å². The van der Waals surface area contributed by atoms with Crippen LogP contribution in [0.25, 0.3) is 0 Å². The molecule has 1 atom stereocenters. The van der Waals surface area contributed by atoms with Crippen molar-refractivity contribution >= 4 is 5.91 Å². The normalized spacial score (nSPS) is 17.5. The molecule has 1 aliphatic heterocycles. The number of rotatable bonds is 7. The maximum atomic E-state index is 12.5. The lowest BCUT2D eigenvalue weighted by Crippen LogP contribution is -2.41. The highest BCUT2D eigenvalue weighted by atomic mass is 16.2. The van der Waals surface area contributed by atoms with Crippen molar-refractivity contribution in [1.82, 2.24) is 9.80 Å². The Morgan fingerprint density at radius 2 is 1.87 bits per heavy atom. The van der Waals surface area contributed by atoms with Gasteiger partial charge in [-0.1, -0.05) is 37.3 Å². The van der Waals surface area contributed by atoms with Crippen LogP contribution in [0.3, 0.4) is 0 Å². The average Bonchev–Trinajstić information content (AvgIpc) is 2.54. The smallest absolute Gasteiger partial charge is 0.222 e. The molecule has 0 bridgehead atoms. The highest BCUT2D eigenvalue weighted by Crippen LogP contribution is 2.20. The second-order valence-corrected chi connectivity index (χ2v) is 7.42. The molecule has 2 rings (SSSR count). The van der Waals surface area contributed by atoms with Crippen LogP contribution in [0.4, 0.5) is 0 Å². The van der Waals surface area contributed by atoms with Crippen LogP contribution >= 0.6 is 0 Å². The van der Waals surface area contributed by atoms with E-state index in [2.05, 4.69) is 61.2 Å². The van der Waals surface area contributed by atoms with Crippen molar-refractivity contribution in [3.63, 3.8) is 0 Å². The zero-order valence-corrected chi connectivity index (χ0v) is 15.0. The minimum atomic E-state index is 0.355. The van der Waals surface area contributed by atoms with Crippen LogP contribution in [0.1, 0.15) is 38.2 Å². The van der Waals surface area contributed by atoms with Crippen molar-refractivity contribution in [3.8, 4) is 0 Å². The van der Waals surface area contributed by atoms with E-state index in [1.165, 1.54) is 5.56 Å². The van der Waals surface area contributed by atoms with Gasteiger partial charge in [-0.25, -0.2) is 0 Å². The molecule has 0 radical (unpaired) electrons. The van der Waals surface area contributed by atoms with Crippen molar-refractivity contribution < 1.29 is 4.79 Å². The number of hydrogen-bond donors (Lipinski definition) is 0. The standard InChI is InChI=1S/C20H32N2O/c1-17(9-10-18-7-5-4-6-8-18)15-20(23)22-13-11-19(12-14-22)16-21(2)3/h4-8,17,19H,9-16H2,1-3H3/t17-/m1/s1. The lowest BCUT2D eigenvalue weighted by atomic mass is 9.94. The summed E-state index contributed by atoms with van der Waals surface area (Å²) >= 11 is 0. The van der Waals surface area contributed by atoms with E-state index in [9.17, 15) is 4.79 Å². The molecular formula is C20H32N2O. The Morgan fingerprint density at radius 3 is 2.48 bits per heavy atom. The molecule has 0 spiro atoms. The summed E-state index contributed by atoms with van der Waals surface area (Å²) < 4.78 is 0. The summed E-state index contributed by atoms with van der Waals surface area (Å²) in [7, 11) is 4.26. The first-order chi connectivity index (χ1) is 11.0. The van der Waals surface area contributed by atoms with Crippen LogP contribution < -0.4 is 0 Å². The number of piperidine rings is 1. The minimum absolute atomic E-state index is 0.355. The summed E-state index contributed by atoms with van der Waals surface area (Å²) in [5.41, 5.74) is 1.37. The van der Waals surface area contributed by atoms with Crippen LogP contribution in [0.5, 0.6) is 0 Å². The van der Waals surface area contributed by atoms with Crippen LogP contribution in [0, 0.1) is 11.8 Å². The molecular weight excluding hydrogens is 284 g/mol. The van der Waals surface area contributed by atoms with Crippen LogP contribution in [0.2, 0.25) is 0 Å². The van der Waals surface area contributed by atoms with Crippen molar-refractivity contribution in [2.24, 2.45) is 11.8 Å². The van der Waals surface area contributed by atoms with Gasteiger partial charge in [-0.3, -0.25) is 4.79 Å². The van der Waals surface area contributed by atoms with Crippen molar-refractivity contribution in [2.45, 2.75) is 39.0 Å². The minimum Gasteiger partial charge on any atom is -0.343 e. The summed E-state index contributed by atoms with van der Waals surface area (Å²) in [5.74, 6) is 1.57. The second kappa shape index (κ2) is 9.07. The second-order valence-electron chi connectivity index (χ2n) is 7.42. The first-order valence-electron chi connectivity index (χ1n) is 9.01. The van der Waals surface area contributed by atoms with E-state index < -0.39 is 0 Å². The number of amides is 1. The van der Waals surface area contributed by atoms with Gasteiger partial charge >= 0.3 is 0 Å². The maximum Gasteiger partial charge on any atom is 0.222 e. The predicted molar refractivity (Wildman–Crippen MR) is 96.4 cm³/mol. The monoisotopic (exact) mass is 316 g/mol. The van der Waals surface area contributed by atoms with Gasteiger partial charge in [0.1, 0.15) is 0 Å². The van der Waals surface area contributed by atoms with Gasteiger partial charge in [-0.2, -0.15) is 0 Å². The van der Waals surface area contributed by atoms with E-state index in [1.807, 2.05) is 0 Å². The molecule has 1 heterocycles. The molecule has 23 heavy (non-hydrogen) atoms. The molecule has 3 heteroatoms. The summed E-state index contributed by atoms with van der Waals surface area (Å²) in [4.78, 5) is 16.8. The van der Waals surface area contributed by atoms with E-state index in [-0.39, 0.29) is 0 Å². The maximum absolute atomic E-state index is 12.5. The fourth-order valence-electron chi connectivity index (χ4n) is 3.47. The molecule has 1 fully saturated rings. The third-order valence-corrected chi connectivity index (χ3v) is 4.88. The van der Waals surface area contributed by atoms with Gasteiger partial charge < -0.3 is 9.80 Å². The number of benzene rings is 1. The van der Waals surface area contributed by atoms with Crippen LogP contribution in [-0.4, -0.2) is 49.4 Å². The van der Waals surface area contributed by atoms with Gasteiger partial charge in [0.2, 0.25) is 5.91 Å². The lowest BCUT2D eigenvalue weighted by molar-refractivity contribution is -0.133. The molecule has 128 valence electrons. The number of hydrogen-bond acceptors (Lipinski definition) is 2. The highest BCUT2D eigenvalue weighted by Gasteiger charge is 2.23. The number of nitrogens with zero attached hydrogens (tertiary/aromatic N) is 2. The Morgan fingerprint density at radius 1 is 1.22 bits per heavy atom. The molecule has 3 nitrogen and oxygen atoms in total. The molecule has 0 unspecified atom stereocenters. The number of aryl methyl sites for hydroxylation is 1. The molecule has 1 saturated heterocycles. The third-order valence-electron chi connectivity index (χ3n) is 4.88. The first-order valence-corrected chi connectivity index (χ1v) is 9.01. The van der Waals surface area contributed by atoms with Gasteiger partial charge in [0, 0.05) is 26.1 Å². The SMILES string of the molecule is C[C@H](CCc1ccccc1)CC(=O)N1CCC(CN(C)C)CC1. The van der Waals surface area contributed by atoms with Crippen molar-refractivity contribution in [2.75, 3.05) is 33.7 Å². The van der Waals surface area contributed by atoms with E-state index in [0.29, 0.717) is 18.2 Å². The average molecular weight is 316 g/mol. The third kappa shape index (κ3) is 6.34. The van der Waals surface area contributed by atoms with Gasteiger partial charge in [-0.05, 0) is 57.2 Å². The largest absolute Gasteiger partial charge is 0.343 e. The quantitative estimate of drug-likeness (QED) is 0.769. The van der Waals surface area contributed by atoms with E-state index in [1.54, 1.807) is 0 Å². The van der Waals surface area contributed by atoms with E-state index in [0.717, 1.165) is 51.2 Å². The zero-order chi connectivity index (χ0) is 16.7. The molecule has 0 saturated carbocycles.